The van der Waals surface area contributed by atoms with Gasteiger partial charge in [0.15, 0.2) is 0 Å². The molecule has 150 valence electrons. The Morgan fingerprint density at radius 1 is 1.00 bits per heavy atom. The standard InChI is InChI=1S/C20H15Br2ClN2O3S/c21-18-10-15(12-24-25-29(26,27)17-4-2-1-3-5-17)11-19(22)20(18)28-13-14-6-8-16(23)9-7-14/h1-12,25H,13H2/b24-12-. The zero-order valence-corrected chi connectivity index (χ0v) is 19.6. The molecule has 0 bridgehead atoms. The molecule has 3 rings (SSSR count). The molecule has 0 heterocycles. The second-order valence-electron chi connectivity index (χ2n) is 5.89. The number of hydrazone groups is 1. The van der Waals surface area contributed by atoms with Crippen molar-refractivity contribution in [2.75, 3.05) is 0 Å². The first-order valence-corrected chi connectivity index (χ1v) is 11.8. The van der Waals surface area contributed by atoms with Crippen molar-refractivity contribution in [3.8, 4) is 5.75 Å². The highest BCUT2D eigenvalue weighted by atomic mass is 79.9. The minimum Gasteiger partial charge on any atom is -0.487 e. The summed E-state index contributed by atoms with van der Waals surface area (Å²) >= 11 is 12.8. The predicted molar refractivity (Wildman–Crippen MR) is 122 cm³/mol. The molecule has 29 heavy (non-hydrogen) atoms. The van der Waals surface area contributed by atoms with E-state index in [1.807, 2.05) is 12.1 Å². The Kier molecular flexibility index (Phi) is 7.34. The summed E-state index contributed by atoms with van der Waals surface area (Å²) in [6.07, 6.45) is 1.42. The lowest BCUT2D eigenvalue weighted by Gasteiger charge is -2.11. The Balaban J connectivity index is 1.68. The van der Waals surface area contributed by atoms with E-state index in [2.05, 4.69) is 41.8 Å². The van der Waals surface area contributed by atoms with Crippen LogP contribution in [0.2, 0.25) is 5.02 Å². The van der Waals surface area contributed by atoms with Crippen LogP contribution in [0.15, 0.2) is 85.7 Å². The minimum atomic E-state index is -3.71. The second-order valence-corrected chi connectivity index (χ2v) is 9.70. The molecule has 0 aromatic heterocycles. The van der Waals surface area contributed by atoms with Crippen LogP contribution >= 0.6 is 43.5 Å². The van der Waals surface area contributed by atoms with Gasteiger partial charge < -0.3 is 4.74 Å². The van der Waals surface area contributed by atoms with E-state index < -0.39 is 10.0 Å². The van der Waals surface area contributed by atoms with Crippen molar-refractivity contribution in [3.05, 3.63) is 91.8 Å². The van der Waals surface area contributed by atoms with E-state index in [1.165, 1.54) is 18.3 Å². The van der Waals surface area contributed by atoms with Gasteiger partial charge in [0.1, 0.15) is 12.4 Å². The van der Waals surface area contributed by atoms with Crippen LogP contribution in [0.25, 0.3) is 0 Å². The third-order valence-corrected chi connectivity index (χ3v) is 6.43. The van der Waals surface area contributed by atoms with Crippen molar-refractivity contribution < 1.29 is 13.2 Å². The van der Waals surface area contributed by atoms with E-state index in [1.54, 1.807) is 42.5 Å². The van der Waals surface area contributed by atoms with Crippen molar-refractivity contribution in [2.45, 2.75) is 11.5 Å². The molecular weight excluding hydrogens is 544 g/mol. The largest absolute Gasteiger partial charge is 0.487 e. The van der Waals surface area contributed by atoms with Crippen LogP contribution in [-0.4, -0.2) is 14.6 Å². The summed E-state index contributed by atoms with van der Waals surface area (Å²) in [4.78, 5) is 2.34. The van der Waals surface area contributed by atoms with Crippen LogP contribution in [-0.2, 0) is 16.6 Å². The van der Waals surface area contributed by atoms with E-state index in [-0.39, 0.29) is 4.90 Å². The smallest absolute Gasteiger partial charge is 0.276 e. The van der Waals surface area contributed by atoms with E-state index in [4.69, 9.17) is 16.3 Å². The number of benzene rings is 3. The first kappa shape index (κ1) is 21.8. The molecule has 0 radical (unpaired) electrons. The number of nitrogens with zero attached hydrogens (tertiary/aromatic N) is 1. The molecule has 3 aromatic rings. The first-order chi connectivity index (χ1) is 13.8. The quantitative estimate of drug-likeness (QED) is 0.296. The van der Waals surface area contributed by atoms with Crippen molar-refractivity contribution >= 4 is 59.7 Å². The minimum absolute atomic E-state index is 0.144. The molecule has 0 aliphatic rings. The number of nitrogens with one attached hydrogen (secondary N) is 1. The van der Waals surface area contributed by atoms with Crippen LogP contribution in [0.5, 0.6) is 5.75 Å². The van der Waals surface area contributed by atoms with Gasteiger partial charge in [0.2, 0.25) is 0 Å². The van der Waals surface area contributed by atoms with Crippen molar-refractivity contribution in [1.82, 2.24) is 4.83 Å². The lowest BCUT2D eigenvalue weighted by Crippen LogP contribution is -2.18. The topological polar surface area (TPSA) is 67.8 Å². The zero-order chi connectivity index (χ0) is 20.9. The Morgan fingerprint density at radius 2 is 1.62 bits per heavy atom. The molecular formula is C20H15Br2ClN2O3S. The average molecular weight is 559 g/mol. The van der Waals surface area contributed by atoms with Crippen molar-refractivity contribution in [1.29, 1.82) is 0 Å². The Labute approximate surface area is 191 Å². The van der Waals surface area contributed by atoms with Crippen molar-refractivity contribution in [3.63, 3.8) is 0 Å². The number of ether oxygens (including phenoxy) is 1. The lowest BCUT2D eigenvalue weighted by molar-refractivity contribution is 0.302. The van der Waals surface area contributed by atoms with Crippen LogP contribution in [0, 0.1) is 0 Å². The average Bonchev–Trinajstić information content (AvgIpc) is 2.69. The zero-order valence-electron chi connectivity index (χ0n) is 14.8. The fourth-order valence-corrected chi connectivity index (χ4v) is 4.74. The van der Waals surface area contributed by atoms with E-state index >= 15 is 0 Å². The van der Waals surface area contributed by atoms with Gasteiger partial charge in [0.25, 0.3) is 10.0 Å². The molecule has 0 aliphatic carbocycles. The molecule has 0 amide bonds. The van der Waals surface area contributed by atoms with Crippen LogP contribution in [0.3, 0.4) is 0 Å². The number of hydrogen-bond donors (Lipinski definition) is 1. The van der Waals surface area contributed by atoms with Gasteiger partial charge in [-0.3, -0.25) is 0 Å². The third kappa shape index (κ3) is 6.05. The molecule has 1 N–H and O–H groups in total. The number of halogens is 3. The highest BCUT2D eigenvalue weighted by molar-refractivity contribution is 9.11. The molecule has 0 spiro atoms. The van der Waals surface area contributed by atoms with Gasteiger partial charge in [0.05, 0.1) is 20.1 Å². The molecule has 0 saturated heterocycles. The van der Waals surface area contributed by atoms with E-state index in [9.17, 15) is 8.42 Å². The fourth-order valence-electron chi connectivity index (χ4n) is 2.35. The monoisotopic (exact) mass is 556 g/mol. The summed E-state index contributed by atoms with van der Waals surface area (Å²) in [5.41, 5.74) is 1.66. The van der Waals surface area contributed by atoms with Crippen LogP contribution < -0.4 is 9.57 Å². The van der Waals surface area contributed by atoms with Gasteiger partial charge in [-0.25, -0.2) is 4.83 Å². The van der Waals surface area contributed by atoms with Gasteiger partial charge in [-0.15, -0.1) is 0 Å². The Bertz CT molecular complexity index is 1100. The number of rotatable bonds is 7. The maximum Gasteiger partial charge on any atom is 0.276 e. The maximum absolute atomic E-state index is 12.2. The molecule has 0 atom stereocenters. The van der Waals surface area contributed by atoms with Crippen molar-refractivity contribution in [2.24, 2.45) is 5.10 Å². The summed E-state index contributed by atoms with van der Waals surface area (Å²) < 4.78 is 31.6. The molecule has 0 saturated carbocycles. The molecule has 0 fully saturated rings. The van der Waals surface area contributed by atoms with Crippen LogP contribution in [0.4, 0.5) is 0 Å². The Morgan fingerprint density at radius 3 is 2.24 bits per heavy atom. The number of hydrogen-bond acceptors (Lipinski definition) is 4. The first-order valence-electron chi connectivity index (χ1n) is 8.31. The summed E-state index contributed by atoms with van der Waals surface area (Å²) in [6, 6.07) is 19.0. The lowest BCUT2D eigenvalue weighted by atomic mass is 10.2. The van der Waals surface area contributed by atoms with Crippen LogP contribution in [0.1, 0.15) is 11.1 Å². The summed E-state index contributed by atoms with van der Waals surface area (Å²) in [5.74, 6) is 0.627. The highest BCUT2D eigenvalue weighted by Gasteiger charge is 2.12. The molecule has 3 aromatic carbocycles. The third-order valence-electron chi connectivity index (χ3n) is 3.76. The molecule has 0 unspecified atom stereocenters. The predicted octanol–water partition coefficient (Wildman–Crippen LogP) is 5.76. The fraction of sp³-hybridized carbons (Fsp3) is 0.0500. The van der Waals surface area contributed by atoms with Gasteiger partial charge in [-0.2, -0.15) is 13.5 Å². The Hall–Kier alpha value is -1.87. The van der Waals surface area contributed by atoms with Gasteiger partial charge >= 0.3 is 0 Å². The summed E-state index contributed by atoms with van der Waals surface area (Å²) in [5, 5.41) is 4.51. The van der Waals surface area contributed by atoms with Gasteiger partial charge in [-0.1, -0.05) is 41.9 Å². The molecule has 0 aliphatic heterocycles. The summed E-state index contributed by atoms with van der Waals surface area (Å²) in [6.45, 7) is 0.374. The van der Waals surface area contributed by atoms with Gasteiger partial charge in [-0.05, 0) is 79.4 Å². The van der Waals surface area contributed by atoms with E-state index in [0.717, 1.165) is 5.56 Å². The molecule has 5 nitrogen and oxygen atoms in total. The summed E-state index contributed by atoms with van der Waals surface area (Å²) in [7, 11) is -3.71. The normalized spacial score (nSPS) is 11.6. The SMILES string of the molecule is O=S(=O)(N/N=C\c1cc(Br)c(OCc2ccc(Cl)cc2)c(Br)c1)c1ccccc1. The number of sulfonamides is 1. The molecule has 9 heteroatoms. The second kappa shape index (κ2) is 9.75. The highest BCUT2D eigenvalue weighted by Crippen LogP contribution is 2.35. The van der Waals surface area contributed by atoms with E-state index in [0.29, 0.717) is 31.9 Å². The van der Waals surface area contributed by atoms with Gasteiger partial charge in [0, 0.05) is 5.02 Å². The maximum atomic E-state index is 12.2.